The number of hydrogen-bond donors (Lipinski definition) is 0. The smallest absolute Gasteiger partial charge is 0.312 e. The van der Waals surface area contributed by atoms with Crippen LogP contribution >= 0.6 is 0 Å². The number of rotatable bonds is 2. The fourth-order valence-corrected chi connectivity index (χ4v) is 8.55. The van der Waals surface area contributed by atoms with Crippen molar-refractivity contribution in [1.29, 1.82) is 0 Å². The van der Waals surface area contributed by atoms with Gasteiger partial charge in [-0.15, -0.1) is 0 Å². The minimum Gasteiger partial charge on any atom is -0.469 e. The van der Waals surface area contributed by atoms with E-state index in [1.165, 1.54) is 14.0 Å². The molecule has 0 radical (unpaired) electrons. The molecular weight excluding hydrogens is 424 g/mol. The first-order valence-corrected chi connectivity index (χ1v) is 12.2. The van der Waals surface area contributed by atoms with Crippen LogP contribution in [0.25, 0.3) is 0 Å². The Kier molecular flexibility index (Phi) is 5.07. The van der Waals surface area contributed by atoms with Crippen LogP contribution in [0.2, 0.25) is 0 Å². The van der Waals surface area contributed by atoms with Crippen LogP contribution in [-0.2, 0) is 33.4 Å². The zero-order valence-corrected chi connectivity index (χ0v) is 20.0. The summed E-state index contributed by atoms with van der Waals surface area (Å²) in [5.74, 6) is -1.24. The van der Waals surface area contributed by atoms with Crippen molar-refractivity contribution in [3.05, 3.63) is 11.6 Å². The number of fused-ring (bicyclic) bond motifs is 6. The van der Waals surface area contributed by atoms with E-state index in [9.17, 15) is 19.2 Å². The first-order valence-electron chi connectivity index (χ1n) is 12.2. The first kappa shape index (κ1) is 22.6. The van der Waals surface area contributed by atoms with Gasteiger partial charge in [-0.05, 0) is 49.4 Å². The van der Waals surface area contributed by atoms with Crippen molar-refractivity contribution in [3.63, 3.8) is 0 Å². The number of methoxy groups -OCH3 is 1. The van der Waals surface area contributed by atoms with Crippen molar-refractivity contribution < 1.29 is 33.4 Å². The van der Waals surface area contributed by atoms with Crippen molar-refractivity contribution >= 4 is 23.7 Å². The lowest BCUT2D eigenvalue weighted by Crippen LogP contribution is -2.62. The Bertz CT molecular complexity index is 952. The Balaban J connectivity index is 1.67. The van der Waals surface area contributed by atoms with E-state index in [-0.39, 0.29) is 46.9 Å². The molecule has 0 aromatic carbocycles. The molecule has 4 fully saturated rings. The highest BCUT2D eigenvalue weighted by Crippen LogP contribution is 2.70. The van der Waals surface area contributed by atoms with Gasteiger partial charge in [0.25, 0.3) is 0 Å². The highest BCUT2D eigenvalue weighted by atomic mass is 16.6. The Morgan fingerprint density at radius 3 is 2.52 bits per heavy atom. The second-order valence-electron chi connectivity index (χ2n) is 11.4. The van der Waals surface area contributed by atoms with Crippen LogP contribution in [0.4, 0.5) is 0 Å². The highest BCUT2D eigenvalue weighted by molar-refractivity contribution is 5.84. The average molecular weight is 459 g/mol. The maximum absolute atomic E-state index is 13.1. The van der Waals surface area contributed by atoms with Crippen molar-refractivity contribution in [2.24, 2.45) is 34.5 Å². The number of ketones is 1. The van der Waals surface area contributed by atoms with Gasteiger partial charge >= 0.3 is 17.9 Å². The van der Waals surface area contributed by atoms with Gasteiger partial charge in [-0.3, -0.25) is 19.2 Å². The summed E-state index contributed by atoms with van der Waals surface area (Å²) >= 11 is 0. The summed E-state index contributed by atoms with van der Waals surface area (Å²) in [5, 5.41) is 0. The molecule has 0 aromatic heterocycles. The van der Waals surface area contributed by atoms with Crippen LogP contribution in [-0.4, -0.2) is 42.5 Å². The largest absolute Gasteiger partial charge is 0.469 e. The van der Waals surface area contributed by atoms with Crippen LogP contribution in [0.3, 0.4) is 0 Å². The second-order valence-corrected chi connectivity index (χ2v) is 11.4. The van der Waals surface area contributed by atoms with E-state index >= 15 is 0 Å². The summed E-state index contributed by atoms with van der Waals surface area (Å²) in [6.07, 6.45) is 6.37. The molecule has 5 rings (SSSR count). The Labute approximate surface area is 194 Å². The van der Waals surface area contributed by atoms with E-state index in [0.29, 0.717) is 38.5 Å². The molecule has 7 nitrogen and oxygen atoms in total. The molecule has 0 N–H and O–H groups in total. The molecule has 2 unspecified atom stereocenters. The van der Waals surface area contributed by atoms with Gasteiger partial charge in [0, 0.05) is 37.5 Å². The normalized spacial score (nSPS) is 46.1. The van der Waals surface area contributed by atoms with E-state index in [1.54, 1.807) is 0 Å². The number of allylic oxidation sites excluding steroid dienone is 1. The van der Waals surface area contributed by atoms with Gasteiger partial charge in [-0.2, -0.15) is 0 Å². The molecule has 33 heavy (non-hydrogen) atoms. The van der Waals surface area contributed by atoms with Gasteiger partial charge in [-0.25, -0.2) is 0 Å². The van der Waals surface area contributed by atoms with E-state index in [4.69, 9.17) is 14.2 Å². The van der Waals surface area contributed by atoms with Crippen LogP contribution in [0, 0.1) is 34.5 Å². The maximum atomic E-state index is 13.1. The molecule has 1 saturated heterocycles. The average Bonchev–Trinajstić information content (AvgIpc) is 3.27. The van der Waals surface area contributed by atoms with Gasteiger partial charge in [0.15, 0.2) is 0 Å². The zero-order valence-electron chi connectivity index (χ0n) is 20.0. The molecule has 1 spiro atoms. The van der Waals surface area contributed by atoms with Gasteiger partial charge < -0.3 is 14.2 Å². The summed E-state index contributed by atoms with van der Waals surface area (Å²) < 4.78 is 17.3. The summed E-state index contributed by atoms with van der Waals surface area (Å²) in [6, 6.07) is 0. The van der Waals surface area contributed by atoms with Crippen LogP contribution in [0.1, 0.15) is 72.1 Å². The standard InChI is InChI=1S/C26H34O7/c1-14(27)32-19-13-25(3)18(6-9-26(25)10-7-20(29)33-26)21-17(23(30)31-4)12-15-11-16(28)5-8-24(15,2)22(19)21/h12,17-19,21-22H,5-11,13H2,1-4H3/t17-,18?,19-,21+,22+,24+,25+,26?/m1/s1. The molecule has 5 aliphatic rings. The van der Waals surface area contributed by atoms with E-state index in [1.807, 2.05) is 6.08 Å². The van der Waals surface area contributed by atoms with Crippen molar-refractivity contribution in [2.45, 2.75) is 83.8 Å². The van der Waals surface area contributed by atoms with Gasteiger partial charge in [0.05, 0.1) is 13.0 Å². The Morgan fingerprint density at radius 2 is 1.88 bits per heavy atom. The number of Topliss-reactive ketones (excluding diaryl/α,β-unsaturated/α-hetero) is 1. The minimum atomic E-state index is -0.577. The lowest BCUT2D eigenvalue weighted by molar-refractivity contribution is -0.202. The fourth-order valence-electron chi connectivity index (χ4n) is 8.55. The second kappa shape index (κ2) is 7.41. The van der Waals surface area contributed by atoms with Crippen LogP contribution in [0.15, 0.2) is 11.6 Å². The molecule has 0 bridgehead atoms. The monoisotopic (exact) mass is 458 g/mol. The third-order valence-electron chi connectivity index (χ3n) is 10.0. The zero-order chi connectivity index (χ0) is 23.8. The fraction of sp³-hybridized carbons (Fsp3) is 0.769. The molecule has 0 amide bonds. The number of esters is 3. The molecule has 3 saturated carbocycles. The van der Waals surface area contributed by atoms with Crippen LogP contribution in [0.5, 0.6) is 0 Å². The summed E-state index contributed by atoms with van der Waals surface area (Å²) in [4.78, 5) is 50.0. The molecular formula is C26H34O7. The molecule has 1 heterocycles. The topological polar surface area (TPSA) is 96.0 Å². The SMILES string of the molecule is COC(=O)[C@@H]1C=C2CC(=O)CC[C@]2(C)[C@@H]2[C@@H]1C1CCC3(CCC(=O)O3)[C@@]1(C)C[C@H]2OC(C)=O. The molecule has 8 atom stereocenters. The molecule has 4 aliphatic carbocycles. The maximum Gasteiger partial charge on any atom is 0.312 e. The number of hydrogen-bond acceptors (Lipinski definition) is 7. The molecule has 7 heteroatoms. The van der Waals surface area contributed by atoms with Gasteiger partial charge in [0.2, 0.25) is 0 Å². The molecule has 180 valence electrons. The predicted octanol–water partition coefficient (Wildman–Crippen LogP) is 3.53. The van der Waals surface area contributed by atoms with Crippen LogP contribution < -0.4 is 0 Å². The third kappa shape index (κ3) is 3.06. The Morgan fingerprint density at radius 1 is 1.12 bits per heavy atom. The predicted molar refractivity (Wildman–Crippen MR) is 117 cm³/mol. The summed E-state index contributed by atoms with van der Waals surface area (Å²) in [6.45, 7) is 5.76. The minimum absolute atomic E-state index is 0.0936. The number of carbonyl (C=O) groups excluding carboxylic acids is 4. The number of carbonyl (C=O) groups is 4. The lowest BCUT2D eigenvalue weighted by Gasteiger charge is -2.61. The van der Waals surface area contributed by atoms with E-state index in [2.05, 4.69) is 13.8 Å². The lowest BCUT2D eigenvalue weighted by atomic mass is 9.44. The van der Waals surface area contributed by atoms with E-state index < -0.39 is 23.0 Å². The van der Waals surface area contributed by atoms with Gasteiger partial charge in [0.1, 0.15) is 17.5 Å². The van der Waals surface area contributed by atoms with Crippen molar-refractivity contribution in [2.75, 3.05) is 7.11 Å². The summed E-state index contributed by atoms with van der Waals surface area (Å²) in [7, 11) is 1.40. The molecule has 0 aromatic rings. The number of ether oxygens (including phenoxy) is 3. The third-order valence-corrected chi connectivity index (χ3v) is 10.0. The van der Waals surface area contributed by atoms with Crippen molar-refractivity contribution in [1.82, 2.24) is 0 Å². The summed E-state index contributed by atoms with van der Waals surface area (Å²) in [5.41, 5.74) is -0.325. The highest BCUT2D eigenvalue weighted by Gasteiger charge is 2.71. The quantitative estimate of drug-likeness (QED) is 0.355. The first-order chi connectivity index (χ1) is 15.5. The Hall–Kier alpha value is -2.18. The molecule has 1 aliphatic heterocycles. The van der Waals surface area contributed by atoms with Gasteiger partial charge in [-0.1, -0.05) is 25.5 Å². The van der Waals surface area contributed by atoms with E-state index in [0.717, 1.165) is 18.4 Å². The van der Waals surface area contributed by atoms with Crippen molar-refractivity contribution in [3.8, 4) is 0 Å².